The van der Waals surface area contributed by atoms with E-state index in [1.807, 2.05) is 61.5 Å². The summed E-state index contributed by atoms with van der Waals surface area (Å²) >= 11 is 0. The third-order valence-electron chi connectivity index (χ3n) is 4.69. The van der Waals surface area contributed by atoms with Gasteiger partial charge < -0.3 is 10.2 Å². The minimum atomic E-state index is -0.925. The molecule has 1 aliphatic rings. The molecule has 124 valence electrons. The number of aryl methyl sites for hydroxylation is 1. The molecule has 0 saturated heterocycles. The van der Waals surface area contributed by atoms with Gasteiger partial charge in [0.25, 0.3) is 0 Å². The fraction of sp³-hybridized carbons (Fsp3) is 0.300. The molecule has 0 bridgehead atoms. The number of para-hydroxylation sites is 2. The van der Waals surface area contributed by atoms with Crippen LogP contribution in [0.15, 0.2) is 54.6 Å². The Labute approximate surface area is 142 Å². The van der Waals surface area contributed by atoms with Gasteiger partial charge in [-0.3, -0.25) is 9.59 Å². The average Bonchev–Trinajstić information content (AvgIpc) is 3.43. The van der Waals surface area contributed by atoms with Crippen LogP contribution < -0.4 is 10.2 Å². The Morgan fingerprint density at radius 1 is 1.04 bits per heavy atom. The van der Waals surface area contributed by atoms with Crippen molar-refractivity contribution in [2.75, 3.05) is 17.3 Å². The molecule has 4 nitrogen and oxygen atoms in total. The highest BCUT2D eigenvalue weighted by atomic mass is 16.2. The SMILES string of the molecule is CCc1ccccc1NC(=O)C1(C(=O)N(C)c2ccccc2)CC1. The molecule has 1 fully saturated rings. The predicted octanol–water partition coefficient (Wildman–Crippen LogP) is 3.63. The van der Waals surface area contributed by atoms with Crippen LogP contribution in [0.25, 0.3) is 0 Å². The van der Waals surface area contributed by atoms with Crippen molar-refractivity contribution in [3.05, 3.63) is 60.2 Å². The number of amides is 2. The van der Waals surface area contributed by atoms with Gasteiger partial charge in [0.15, 0.2) is 0 Å². The van der Waals surface area contributed by atoms with E-state index >= 15 is 0 Å². The lowest BCUT2D eigenvalue weighted by Crippen LogP contribution is -2.41. The minimum Gasteiger partial charge on any atom is -0.325 e. The molecule has 2 aromatic carbocycles. The molecule has 3 rings (SSSR count). The molecular weight excluding hydrogens is 300 g/mol. The maximum atomic E-state index is 12.9. The lowest BCUT2D eigenvalue weighted by atomic mass is 10.0. The number of rotatable bonds is 5. The van der Waals surface area contributed by atoms with E-state index in [9.17, 15) is 9.59 Å². The third-order valence-corrected chi connectivity index (χ3v) is 4.69. The second-order valence-electron chi connectivity index (χ2n) is 6.25. The van der Waals surface area contributed by atoms with Crippen LogP contribution in [-0.4, -0.2) is 18.9 Å². The fourth-order valence-corrected chi connectivity index (χ4v) is 2.95. The quantitative estimate of drug-likeness (QED) is 0.855. The number of anilines is 2. The third kappa shape index (κ3) is 2.92. The fourth-order valence-electron chi connectivity index (χ4n) is 2.95. The van der Waals surface area contributed by atoms with Crippen LogP contribution in [-0.2, 0) is 16.0 Å². The molecule has 2 amide bonds. The zero-order valence-electron chi connectivity index (χ0n) is 14.1. The zero-order valence-corrected chi connectivity index (χ0v) is 14.1. The number of carbonyl (C=O) groups excluding carboxylic acids is 2. The van der Waals surface area contributed by atoms with Gasteiger partial charge in [0.2, 0.25) is 11.8 Å². The molecule has 0 unspecified atom stereocenters. The average molecular weight is 322 g/mol. The van der Waals surface area contributed by atoms with Crippen molar-refractivity contribution in [2.45, 2.75) is 26.2 Å². The summed E-state index contributed by atoms with van der Waals surface area (Å²) in [6.07, 6.45) is 2.04. The predicted molar refractivity (Wildman–Crippen MR) is 96.0 cm³/mol. The normalized spacial score (nSPS) is 14.8. The highest BCUT2D eigenvalue weighted by molar-refractivity contribution is 6.17. The van der Waals surface area contributed by atoms with Crippen LogP contribution in [0.4, 0.5) is 11.4 Å². The standard InChI is InChI=1S/C20H22N2O2/c1-3-15-9-7-8-12-17(15)21-18(23)20(13-14-20)19(24)22(2)16-10-5-4-6-11-16/h4-12H,3,13-14H2,1-2H3,(H,21,23). The topological polar surface area (TPSA) is 49.4 Å². The van der Waals surface area contributed by atoms with Crippen LogP contribution >= 0.6 is 0 Å². The van der Waals surface area contributed by atoms with Gasteiger partial charge in [-0.2, -0.15) is 0 Å². The van der Waals surface area contributed by atoms with Crippen molar-refractivity contribution in [1.29, 1.82) is 0 Å². The van der Waals surface area contributed by atoms with Crippen LogP contribution in [0.2, 0.25) is 0 Å². The molecule has 2 aromatic rings. The second kappa shape index (κ2) is 6.48. The van der Waals surface area contributed by atoms with Crippen molar-refractivity contribution >= 4 is 23.2 Å². The largest absolute Gasteiger partial charge is 0.325 e. The highest BCUT2D eigenvalue weighted by Crippen LogP contribution is 2.48. The zero-order chi connectivity index (χ0) is 17.2. The summed E-state index contributed by atoms with van der Waals surface area (Å²) in [5.41, 5.74) is 1.75. The van der Waals surface area contributed by atoms with E-state index in [1.165, 1.54) is 0 Å². The van der Waals surface area contributed by atoms with Crippen molar-refractivity contribution in [2.24, 2.45) is 5.41 Å². The number of carbonyl (C=O) groups is 2. The van der Waals surface area contributed by atoms with E-state index in [1.54, 1.807) is 11.9 Å². The first-order chi connectivity index (χ1) is 11.6. The summed E-state index contributed by atoms with van der Waals surface area (Å²) in [6.45, 7) is 2.05. The summed E-state index contributed by atoms with van der Waals surface area (Å²) in [7, 11) is 1.73. The first-order valence-corrected chi connectivity index (χ1v) is 8.31. The Kier molecular flexibility index (Phi) is 4.38. The Bertz CT molecular complexity index is 751. The Hall–Kier alpha value is -2.62. The van der Waals surface area contributed by atoms with Crippen molar-refractivity contribution in [1.82, 2.24) is 0 Å². The van der Waals surface area contributed by atoms with Crippen molar-refractivity contribution in [3.63, 3.8) is 0 Å². The number of hydrogen-bond donors (Lipinski definition) is 1. The van der Waals surface area contributed by atoms with Gasteiger partial charge in [0, 0.05) is 18.4 Å². The summed E-state index contributed by atoms with van der Waals surface area (Å²) < 4.78 is 0. The molecule has 1 N–H and O–H groups in total. The Morgan fingerprint density at radius 3 is 2.29 bits per heavy atom. The smallest absolute Gasteiger partial charge is 0.242 e. The summed E-state index contributed by atoms with van der Waals surface area (Å²) in [5, 5.41) is 2.97. The van der Waals surface area contributed by atoms with E-state index in [4.69, 9.17) is 0 Å². The van der Waals surface area contributed by atoms with Crippen molar-refractivity contribution < 1.29 is 9.59 Å². The maximum absolute atomic E-state index is 12.9. The molecule has 0 spiro atoms. The molecule has 0 heterocycles. The van der Waals surface area contributed by atoms with Gasteiger partial charge >= 0.3 is 0 Å². The molecule has 0 aliphatic heterocycles. The summed E-state index contributed by atoms with van der Waals surface area (Å²) in [4.78, 5) is 27.2. The Balaban J connectivity index is 1.78. The van der Waals surface area contributed by atoms with Crippen LogP contribution in [0.1, 0.15) is 25.3 Å². The molecular formula is C20H22N2O2. The van der Waals surface area contributed by atoms with Crippen LogP contribution in [0.5, 0.6) is 0 Å². The maximum Gasteiger partial charge on any atom is 0.242 e. The lowest BCUT2D eigenvalue weighted by Gasteiger charge is -2.23. The van der Waals surface area contributed by atoms with E-state index in [0.29, 0.717) is 12.8 Å². The summed E-state index contributed by atoms with van der Waals surface area (Å²) in [6, 6.07) is 17.2. The van der Waals surface area contributed by atoms with Crippen LogP contribution in [0.3, 0.4) is 0 Å². The van der Waals surface area contributed by atoms with Gasteiger partial charge in [-0.1, -0.05) is 43.3 Å². The number of nitrogens with zero attached hydrogens (tertiary/aromatic N) is 1. The van der Waals surface area contributed by atoms with Gasteiger partial charge in [-0.05, 0) is 43.0 Å². The monoisotopic (exact) mass is 322 g/mol. The summed E-state index contributed by atoms with van der Waals surface area (Å²) in [5.74, 6) is -0.337. The first-order valence-electron chi connectivity index (χ1n) is 8.31. The molecule has 4 heteroatoms. The lowest BCUT2D eigenvalue weighted by molar-refractivity contribution is -0.132. The van der Waals surface area contributed by atoms with Crippen molar-refractivity contribution in [3.8, 4) is 0 Å². The van der Waals surface area contributed by atoms with E-state index in [0.717, 1.165) is 23.4 Å². The van der Waals surface area contributed by atoms with Gasteiger partial charge in [-0.25, -0.2) is 0 Å². The first kappa shape index (κ1) is 16.2. The molecule has 0 radical (unpaired) electrons. The van der Waals surface area contributed by atoms with E-state index in [2.05, 4.69) is 5.32 Å². The molecule has 0 aromatic heterocycles. The van der Waals surface area contributed by atoms with Gasteiger partial charge in [0.05, 0.1) is 0 Å². The highest BCUT2D eigenvalue weighted by Gasteiger charge is 2.57. The molecule has 24 heavy (non-hydrogen) atoms. The molecule has 1 aliphatic carbocycles. The number of nitrogens with one attached hydrogen (secondary N) is 1. The Morgan fingerprint density at radius 2 is 1.67 bits per heavy atom. The van der Waals surface area contributed by atoms with Crippen LogP contribution in [0, 0.1) is 5.41 Å². The molecule has 0 atom stereocenters. The number of hydrogen-bond acceptors (Lipinski definition) is 2. The van der Waals surface area contributed by atoms with E-state index in [-0.39, 0.29) is 11.8 Å². The van der Waals surface area contributed by atoms with Gasteiger partial charge in [-0.15, -0.1) is 0 Å². The number of benzene rings is 2. The van der Waals surface area contributed by atoms with Gasteiger partial charge in [0.1, 0.15) is 5.41 Å². The minimum absolute atomic E-state index is 0.139. The molecule has 1 saturated carbocycles. The van der Waals surface area contributed by atoms with E-state index < -0.39 is 5.41 Å². The second-order valence-corrected chi connectivity index (χ2v) is 6.25.